The second kappa shape index (κ2) is 14.4. The van der Waals surface area contributed by atoms with Crippen LogP contribution in [0.25, 0.3) is 22.9 Å². The van der Waals surface area contributed by atoms with E-state index >= 15 is 0 Å². The van der Waals surface area contributed by atoms with Crippen molar-refractivity contribution in [3.63, 3.8) is 0 Å². The maximum Gasteiger partial charge on any atom is 0.0437 e. The first-order chi connectivity index (χ1) is 20.9. The SMILES string of the molecule is C/C=C(\NCc1cc(CN2CCCC2)cc(-c2c[nH]c(C)c2/C=C\CC)c1)c1ccccc1NCc1ccc(C)c(C)c1. The summed E-state index contributed by atoms with van der Waals surface area (Å²) in [5.41, 5.74) is 15.2. The van der Waals surface area contributed by atoms with Gasteiger partial charge in [0.25, 0.3) is 0 Å². The third-order valence-corrected chi connectivity index (χ3v) is 8.66. The summed E-state index contributed by atoms with van der Waals surface area (Å²) in [5, 5.41) is 7.49. The number of nitrogens with one attached hydrogen (secondary N) is 3. The van der Waals surface area contributed by atoms with Crippen molar-refractivity contribution < 1.29 is 0 Å². The first-order valence-corrected chi connectivity index (χ1v) is 15.9. The normalized spacial score (nSPS) is 14.1. The van der Waals surface area contributed by atoms with Gasteiger partial charge in [0.05, 0.1) is 0 Å². The molecule has 0 saturated carbocycles. The summed E-state index contributed by atoms with van der Waals surface area (Å²) in [6.45, 7) is 15.8. The minimum atomic E-state index is 0.759. The van der Waals surface area contributed by atoms with Gasteiger partial charge in [0.15, 0.2) is 0 Å². The highest BCUT2D eigenvalue weighted by molar-refractivity contribution is 5.78. The summed E-state index contributed by atoms with van der Waals surface area (Å²) in [6, 6.07) is 22.5. The molecule has 4 aromatic rings. The molecule has 4 nitrogen and oxygen atoms in total. The topological polar surface area (TPSA) is 43.1 Å². The Kier molecular flexibility index (Phi) is 10.2. The van der Waals surface area contributed by atoms with Crippen molar-refractivity contribution in [3.8, 4) is 11.1 Å². The van der Waals surface area contributed by atoms with Crippen molar-refractivity contribution >= 4 is 17.5 Å². The number of aromatic nitrogens is 1. The zero-order chi connectivity index (χ0) is 30.2. The number of aryl methyl sites for hydroxylation is 3. The predicted molar refractivity (Wildman–Crippen MR) is 185 cm³/mol. The molecule has 224 valence electrons. The number of anilines is 1. The summed E-state index contributed by atoms with van der Waals surface area (Å²) in [4.78, 5) is 6.07. The lowest BCUT2D eigenvalue weighted by molar-refractivity contribution is 0.331. The standard InChI is InChI=1S/C39H48N4/c1-6-8-13-35-30(5)40-26-37(35)34-22-32(21-33(23-34)27-43-18-11-12-19-43)25-41-38(7-2)36-14-9-10-15-39(36)42-24-31-17-16-28(3)29(4)20-31/h7-10,13-17,20-23,26,40-42H,6,11-12,18-19,24-25,27H2,1-5H3/b13-8-,38-7-. The van der Waals surface area contributed by atoms with E-state index in [1.807, 2.05) is 0 Å². The number of aromatic amines is 1. The van der Waals surface area contributed by atoms with Crippen LogP contribution in [0.15, 0.2) is 79.0 Å². The molecule has 0 atom stereocenters. The predicted octanol–water partition coefficient (Wildman–Crippen LogP) is 9.39. The van der Waals surface area contributed by atoms with Crippen LogP contribution < -0.4 is 10.6 Å². The number of allylic oxidation sites excluding steroid dienone is 2. The molecule has 43 heavy (non-hydrogen) atoms. The Morgan fingerprint density at radius 1 is 0.884 bits per heavy atom. The van der Waals surface area contributed by atoms with Crippen LogP contribution in [-0.2, 0) is 19.6 Å². The van der Waals surface area contributed by atoms with Gasteiger partial charge >= 0.3 is 0 Å². The average molecular weight is 573 g/mol. The van der Waals surface area contributed by atoms with Gasteiger partial charge in [-0.05, 0) is 112 Å². The minimum Gasteiger partial charge on any atom is -0.381 e. The highest BCUT2D eigenvalue weighted by Crippen LogP contribution is 2.31. The quantitative estimate of drug-likeness (QED) is 0.158. The Morgan fingerprint density at radius 3 is 2.44 bits per heavy atom. The molecule has 1 aromatic heterocycles. The molecule has 3 aromatic carbocycles. The maximum absolute atomic E-state index is 3.80. The van der Waals surface area contributed by atoms with Crippen LogP contribution in [-0.4, -0.2) is 23.0 Å². The van der Waals surface area contributed by atoms with E-state index in [2.05, 4.69) is 140 Å². The molecule has 1 saturated heterocycles. The molecule has 4 heteroatoms. The van der Waals surface area contributed by atoms with Crippen LogP contribution in [0.5, 0.6) is 0 Å². The lowest BCUT2D eigenvalue weighted by Crippen LogP contribution is -2.19. The molecule has 5 rings (SSSR count). The highest BCUT2D eigenvalue weighted by atomic mass is 15.1. The fourth-order valence-corrected chi connectivity index (χ4v) is 6.07. The van der Waals surface area contributed by atoms with Gasteiger partial charge < -0.3 is 15.6 Å². The van der Waals surface area contributed by atoms with Crippen LogP contribution in [0, 0.1) is 20.8 Å². The molecule has 1 fully saturated rings. The van der Waals surface area contributed by atoms with E-state index in [0.29, 0.717) is 0 Å². The molecule has 0 amide bonds. The molecular weight excluding hydrogens is 524 g/mol. The summed E-state index contributed by atoms with van der Waals surface area (Å²) >= 11 is 0. The van der Waals surface area contributed by atoms with Gasteiger partial charge in [-0.1, -0.05) is 67.6 Å². The lowest BCUT2D eigenvalue weighted by atomic mass is 9.97. The van der Waals surface area contributed by atoms with Crippen molar-refractivity contribution in [2.24, 2.45) is 0 Å². The second-order valence-electron chi connectivity index (χ2n) is 11.9. The number of para-hydroxylation sites is 1. The van der Waals surface area contributed by atoms with Gasteiger partial charge in [0.2, 0.25) is 0 Å². The number of hydrogen-bond donors (Lipinski definition) is 3. The van der Waals surface area contributed by atoms with Crippen LogP contribution in [0.2, 0.25) is 0 Å². The molecule has 0 aliphatic carbocycles. The smallest absolute Gasteiger partial charge is 0.0437 e. The second-order valence-corrected chi connectivity index (χ2v) is 11.9. The number of rotatable bonds is 12. The zero-order valence-electron chi connectivity index (χ0n) is 26.7. The third kappa shape index (κ3) is 7.69. The van der Waals surface area contributed by atoms with E-state index in [1.165, 1.54) is 81.7 Å². The van der Waals surface area contributed by atoms with Crippen molar-refractivity contribution in [1.29, 1.82) is 0 Å². The lowest BCUT2D eigenvalue weighted by Gasteiger charge is -2.19. The summed E-state index contributed by atoms with van der Waals surface area (Å²) in [7, 11) is 0. The Hall–Kier alpha value is -4.02. The first kappa shape index (κ1) is 30.4. The van der Waals surface area contributed by atoms with Gasteiger partial charge in [0.1, 0.15) is 0 Å². The molecule has 1 aliphatic rings. The fourth-order valence-electron chi connectivity index (χ4n) is 6.07. The van der Waals surface area contributed by atoms with E-state index in [9.17, 15) is 0 Å². The Bertz CT molecular complexity index is 1580. The summed E-state index contributed by atoms with van der Waals surface area (Å²) in [5.74, 6) is 0. The van der Waals surface area contributed by atoms with E-state index in [0.717, 1.165) is 37.4 Å². The van der Waals surface area contributed by atoms with E-state index in [-0.39, 0.29) is 0 Å². The van der Waals surface area contributed by atoms with Crippen molar-refractivity contribution in [1.82, 2.24) is 15.2 Å². The Morgan fingerprint density at radius 2 is 1.67 bits per heavy atom. The summed E-state index contributed by atoms with van der Waals surface area (Å²) in [6.07, 6.45) is 12.5. The number of benzene rings is 3. The van der Waals surface area contributed by atoms with Crippen LogP contribution in [0.3, 0.4) is 0 Å². The molecule has 0 radical (unpaired) electrons. The minimum absolute atomic E-state index is 0.759. The monoisotopic (exact) mass is 572 g/mol. The van der Waals surface area contributed by atoms with Crippen molar-refractivity contribution in [3.05, 3.63) is 124 Å². The number of nitrogens with zero attached hydrogens (tertiary/aromatic N) is 1. The molecule has 0 spiro atoms. The molecule has 3 N–H and O–H groups in total. The number of likely N-dealkylation sites (tertiary alicyclic amines) is 1. The van der Waals surface area contributed by atoms with E-state index in [1.54, 1.807) is 0 Å². The van der Waals surface area contributed by atoms with E-state index in [4.69, 9.17) is 0 Å². The average Bonchev–Trinajstić information content (AvgIpc) is 3.66. The van der Waals surface area contributed by atoms with Gasteiger partial charge in [-0.3, -0.25) is 4.90 Å². The van der Waals surface area contributed by atoms with Crippen LogP contribution >= 0.6 is 0 Å². The number of H-pyrrole nitrogens is 1. The maximum atomic E-state index is 3.80. The summed E-state index contributed by atoms with van der Waals surface area (Å²) < 4.78 is 0. The van der Waals surface area contributed by atoms with Gasteiger partial charge in [-0.2, -0.15) is 0 Å². The van der Waals surface area contributed by atoms with Crippen LogP contribution in [0.4, 0.5) is 5.69 Å². The Labute approximate surface area is 258 Å². The highest BCUT2D eigenvalue weighted by Gasteiger charge is 2.15. The van der Waals surface area contributed by atoms with Crippen molar-refractivity contribution in [2.45, 2.75) is 73.5 Å². The molecule has 0 unspecified atom stereocenters. The Balaban J connectivity index is 1.38. The zero-order valence-corrected chi connectivity index (χ0v) is 26.7. The number of hydrogen-bond acceptors (Lipinski definition) is 3. The van der Waals surface area contributed by atoms with Crippen molar-refractivity contribution in [2.75, 3.05) is 18.4 Å². The first-order valence-electron chi connectivity index (χ1n) is 15.9. The third-order valence-electron chi connectivity index (χ3n) is 8.66. The van der Waals surface area contributed by atoms with Gasteiger partial charge in [-0.25, -0.2) is 0 Å². The molecule has 0 bridgehead atoms. The molecule has 1 aliphatic heterocycles. The molecule has 2 heterocycles. The van der Waals surface area contributed by atoms with Crippen LogP contribution in [0.1, 0.15) is 77.7 Å². The van der Waals surface area contributed by atoms with Gasteiger partial charge in [-0.15, -0.1) is 0 Å². The molecular formula is C39H48N4. The fraction of sp³-hybridized carbons (Fsp3) is 0.333. The van der Waals surface area contributed by atoms with Gasteiger partial charge in [0, 0.05) is 59.6 Å². The van der Waals surface area contributed by atoms with E-state index < -0.39 is 0 Å². The largest absolute Gasteiger partial charge is 0.381 e.